The number of urea groups is 1. The first-order valence-electron chi connectivity index (χ1n) is 11.4. The molecule has 38 heavy (non-hydrogen) atoms. The number of benzene rings is 3. The van der Waals surface area contributed by atoms with Gasteiger partial charge in [0.25, 0.3) is 11.8 Å². The van der Waals surface area contributed by atoms with Gasteiger partial charge in [-0.25, -0.2) is 14.5 Å². The van der Waals surface area contributed by atoms with Crippen LogP contribution in [-0.4, -0.2) is 36.0 Å². The van der Waals surface area contributed by atoms with Gasteiger partial charge in [-0.05, 0) is 90.0 Å². The van der Waals surface area contributed by atoms with Crippen molar-refractivity contribution in [3.63, 3.8) is 0 Å². The maximum absolute atomic E-state index is 13.2. The van der Waals surface area contributed by atoms with Gasteiger partial charge in [-0.15, -0.1) is 0 Å². The maximum atomic E-state index is 13.2. The van der Waals surface area contributed by atoms with Gasteiger partial charge in [-0.2, -0.15) is 0 Å². The van der Waals surface area contributed by atoms with Gasteiger partial charge in [0.1, 0.15) is 12.2 Å². The summed E-state index contributed by atoms with van der Waals surface area (Å²) < 4.78 is 12.3. The number of carboxylic acids is 1. The van der Waals surface area contributed by atoms with E-state index in [-0.39, 0.29) is 16.8 Å². The topological polar surface area (TPSA) is 122 Å². The number of amides is 4. The fourth-order valence-corrected chi connectivity index (χ4v) is 4.86. The molecule has 0 bridgehead atoms. The Morgan fingerprint density at radius 1 is 1.03 bits per heavy atom. The number of barbiturate groups is 1. The number of hydrogen-bond donors (Lipinski definition) is 2. The monoisotopic (exact) mass is 626 g/mol. The van der Waals surface area contributed by atoms with Gasteiger partial charge < -0.3 is 14.6 Å². The molecule has 1 heterocycles. The molecule has 194 valence electrons. The Kier molecular flexibility index (Phi) is 7.81. The van der Waals surface area contributed by atoms with Crippen LogP contribution in [0.1, 0.15) is 32.6 Å². The lowest BCUT2D eigenvalue weighted by Crippen LogP contribution is -2.54. The van der Waals surface area contributed by atoms with Crippen LogP contribution in [0.3, 0.4) is 0 Å². The number of nitrogens with zero attached hydrogens (tertiary/aromatic N) is 1. The predicted molar refractivity (Wildman–Crippen MR) is 148 cm³/mol. The molecule has 1 saturated heterocycles. The molecule has 0 aliphatic carbocycles. The van der Waals surface area contributed by atoms with Crippen LogP contribution in [0.25, 0.3) is 6.08 Å². The SMILES string of the molecule is COc1cc(/C=C2\C(=O)NC(=O)N(c3ccc(C(=O)O)cc3)C2=O)cc(I)c1OCc1cc(C)cc(C)c1. The standard InChI is InChI=1S/C28H23IN2O7/c1-15-8-16(2)10-18(9-15)14-38-24-22(29)12-17(13-23(24)37-3)11-21-25(32)30-28(36)31(26(21)33)20-6-4-19(5-7-20)27(34)35/h4-13H,14H2,1-3H3,(H,34,35)(H,30,32,36)/b21-11+. The zero-order valence-electron chi connectivity index (χ0n) is 20.7. The first-order chi connectivity index (χ1) is 18.1. The van der Waals surface area contributed by atoms with Crippen molar-refractivity contribution in [2.75, 3.05) is 12.0 Å². The molecule has 10 heteroatoms. The van der Waals surface area contributed by atoms with Crippen LogP contribution in [-0.2, 0) is 16.2 Å². The Morgan fingerprint density at radius 2 is 1.68 bits per heavy atom. The molecule has 1 fully saturated rings. The molecule has 9 nitrogen and oxygen atoms in total. The average molecular weight is 626 g/mol. The lowest BCUT2D eigenvalue weighted by atomic mass is 10.1. The number of carboxylic acid groups (broad SMARTS) is 1. The number of rotatable bonds is 7. The zero-order valence-corrected chi connectivity index (χ0v) is 22.9. The Hall–Kier alpha value is -4.19. The van der Waals surface area contributed by atoms with Crippen LogP contribution in [0, 0.1) is 17.4 Å². The van der Waals surface area contributed by atoms with E-state index in [9.17, 15) is 19.2 Å². The largest absolute Gasteiger partial charge is 0.493 e. The smallest absolute Gasteiger partial charge is 0.335 e. The number of anilines is 1. The van der Waals surface area contributed by atoms with Gasteiger partial charge in [-0.1, -0.05) is 29.3 Å². The summed E-state index contributed by atoms with van der Waals surface area (Å²) in [6.07, 6.45) is 1.36. The summed E-state index contributed by atoms with van der Waals surface area (Å²) in [6.45, 7) is 4.37. The number of hydrogen-bond acceptors (Lipinski definition) is 6. The van der Waals surface area contributed by atoms with Crippen LogP contribution in [0.5, 0.6) is 11.5 Å². The number of halogens is 1. The number of carbonyl (C=O) groups excluding carboxylic acids is 3. The average Bonchev–Trinajstić information content (AvgIpc) is 2.85. The number of imide groups is 2. The molecular formula is C28H23IN2O7. The molecule has 0 atom stereocenters. The Balaban J connectivity index is 1.63. The highest BCUT2D eigenvalue weighted by Crippen LogP contribution is 2.35. The minimum absolute atomic E-state index is 0.00743. The van der Waals surface area contributed by atoms with Crippen molar-refractivity contribution in [3.8, 4) is 11.5 Å². The van der Waals surface area contributed by atoms with Gasteiger partial charge in [0.05, 0.1) is 21.9 Å². The van der Waals surface area contributed by atoms with Crippen LogP contribution >= 0.6 is 22.6 Å². The molecule has 3 aromatic rings. The first kappa shape index (κ1) is 26.9. The van der Waals surface area contributed by atoms with E-state index in [1.54, 1.807) is 12.1 Å². The van der Waals surface area contributed by atoms with Crippen LogP contribution in [0.15, 0.2) is 60.2 Å². The molecule has 1 aliphatic rings. The second kappa shape index (κ2) is 11.1. The van der Waals surface area contributed by atoms with Crippen molar-refractivity contribution in [3.05, 3.63) is 91.6 Å². The highest BCUT2D eigenvalue weighted by Gasteiger charge is 2.37. The minimum Gasteiger partial charge on any atom is -0.493 e. The Bertz CT molecular complexity index is 1480. The van der Waals surface area contributed by atoms with E-state index in [1.807, 2.05) is 26.0 Å². The lowest BCUT2D eigenvalue weighted by Gasteiger charge is -2.26. The molecule has 1 aliphatic heterocycles. The van der Waals surface area contributed by atoms with Gasteiger partial charge in [0.15, 0.2) is 11.5 Å². The number of methoxy groups -OCH3 is 1. The van der Waals surface area contributed by atoms with E-state index >= 15 is 0 Å². The second-order valence-electron chi connectivity index (χ2n) is 8.63. The summed E-state index contributed by atoms with van der Waals surface area (Å²) in [5.74, 6) is -1.90. The summed E-state index contributed by atoms with van der Waals surface area (Å²) in [6, 6.07) is 13.8. The maximum Gasteiger partial charge on any atom is 0.335 e. The van der Waals surface area contributed by atoms with Crippen molar-refractivity contribution >= 4 is 58.2 Å². The van der Waals surface area contributed by atoms with Crippen LogP contribution in [0.4, 0.5) is 10.5 Å². The third-order valence-corrected chi connectivity index (χ3v) is 6.50. The highest BCUT2D eigenvalue weighted by atomic mass is 127. The molecular weight excluding hydrogens is 603 g/mol. The molecule has 4 amide bonds. The van der Waals surface area contributed by atoms with Crippen LogP contribution in [0.2, 0.25) is 0 Å². The predicted octanol–water partition coefficient (Wildman–Crippen LogP) is 4.86. The molecule has 2 N–H and O–H groups in total. The van der Waals surface area contributed by atoms with Crippen molar-refractivity contribution in [2.45, 2.75) is 20.5 Å². The fraction of sp³-hybridized carbons (Fsp3) is 0.143. The van der Waals surface area contributed by atoms with Gasteiger partial charge in [-0.3, -0.25) is 14.9 Å². The first-order valence-corrected chi connectivity index (χ1v) is 12.5. The van der Waals surface area contributed by atoms with E-state index in [0.717, 1.165) is 21.6 Å². The van der Waals surface area contributed by atoms with Gasteiger partial charge in [0, 0.05) is 0 Å². The molecule has 3 aromatic carbocycles. The number of nitrogens with one attached hydrogen (secondary N) is 1. The van der Waals surface area contributed by atoms with Crippen molar-refractivity contribution < 1.29 is 33.8 Å². The zero-order chi connectivity index (χ0) is 27.6. The van der Waals surface area contributed by atoms with E-state index in [2.05, 4.69) is 34.0 Å². The van der Waals surface area contributed by atoms with Crippen molar-refractivity contribution in [2.24, 2.45) is 0 Å². The summed E-state index contributed by atoms with van der Waals surface area (Å²) in [5.41, 5.74) is 3.61. The highest BCUT2D eigenvalue weighted by molar-refractivity contribution is 14.1. The Morgan fingerprint density at radius 3 is 2.29 bits per heavy atom. The fourth-order valence-electron chi connectivity index (χ4n) is 4.08. The van der Waals surface area contributed by atoms with E-state index in [1.165, 1.54) is 37.5 Å². The number of ether oxygens (including phenoxy) is 2. The second-order valence-corrected chi connectivity index (χ2v) is 9.79. The molecule has 4 rings (SSSR count). The van der Waals surface area contributed by atoms with Crippen molar-refractivity contribution in [1.82, 2.24) is 5.32 Å². The third-order valence-electron chi connectivity index (χ3n) is 5.70. The van der Waals surface area contributed by atoms with Gasteiger partial charge in [0.2, 0.25) is 0 Å². The van der Waals surface area contributed by atoms with E-state index in [0.29, 0.717) is 27.2 Å². The molecule has 0 aromatic heterocycles. The van der Waals surface area contributed by atoms with E-state index < -0.39 is 23.8 Å². The summed E-state index contributed by atoms with van der Waals surface area (Å²) in [5, 5.41) is 11.2. The van der Waals surface area contributed by atoms with Crippen LogP contribution < -0.4 is 19.7 Å². The Labute approximate surface area is 232 Å². The minimum atomic E-state index is -1.15. The van der Waals surface area contributed by atoms with Crippen molar-refractivity contribution in [1.29, 1.82) is 0 Å². The number of carbonyl (C=O) groups is 4. The number of aryl methyl sites for hydroxylation is 2. The summed E-state index contributed by atoms with van der Waals surface area (Å²) in [4.78, 5) is 50.1. The van der Waals surface area contributed by atoms with E-state index in [4.69, 9.17) is 14.6 Å². The normalized spacial score (nSPS) is 14.5. The quantitative estimate of drug-likeness (QED) is 0.218. The molecule has 0 spiro atoms. The third kappa shape index (κ3) is 5.70. The summed E-state index contributed by atoms with van der Waals surface area (Å²) in [7, 11) is 1.49. The molecule has 0 radical (unpaired) electrons. The van der Waals surface area contributed by atoms with Gasteiger partial charge >= 0.3 is 12.0 Å². The number of aromatic carboxylic acids is 1. The molecule has 0 unspecified atom stereocenters. The lowest BCUT2D eigenvalue weighted by molar-refractivity contribution is -0.122. The summed E-state index contributed by atoms with van der Waals surface area (Å²) >= 11 is 2.09. The molecule has 0 saturated carbocycles.